The van der Waals surface area contributed by atoms with Gasteiger partial charge in [0.05, 0.1) is 291 Å². The monoisotopic (exact) mass is 1240 g/mol. The molecular formula is C62H126O23. The van der Waals surface area contributed by atoms with Crippen LogP contribution in [-0.4, -0.2) is 302 Å². The van der Waals surface area contributed by atoms with Crippen LogP contribution in [0.25, 0.3) is 0 Å². The van der Waals surface area contributed by atoms with Crippen molar-refractivity contribution >= 4 is 0 Å². The number of aliphatic hydroxyl groups excluding tert-OH is 1. The molecule has 1 N–H and O–H groups in total. The third kappa shape index (κ3) is 83.1. The second-order valence-electron chi connectivity index (χ2n) is 19.5. The lowest BCUT2D eigenvalue weighted by molar-refractivity contribution is -0.0318. The highest BCUT2D eigenvalue weighted by atomic mass is 16.6. The molecule has 0 amide bonds. The molecule has 0 aliphatic carbocycles. The van der Waals surface area contributed by atoms with Crippen molar-refractivity contribution in [2.45, 2.75) is 110 Å². The Bertz CT molecular complexity index is 1050. The maximum atomic E-state index is 8.62. The third-order valence-corrected chi connectivity index (χ3v) is 12.2. The molecule has 0 aliphatic rings. The first-order valence-corrected chi connectivity index (χ1v) is 32.7. The van der Waals surface area contributed by atoms with E-state index in [4.69, 9.17) is 109 Å². The molecule has 0 radical (unpaired) electrons. The Morgan fingerprint density at radius 1 is 0.129 bits per heavy atom. The van der Waals surface area contributed by atoms with Gasteiger partial charge in [-0.3, -0.25) is 0 Å². The molecular weight excluding hydrogens is 1110 g/mol. The summed E-state index contributed by atoms with van der Waals surface area (Å²) in [6.07, 6.45) is 22.1. The van der Waals surface area contributed by atoms with Crippen molar-refractivity contribution in [2.24, 2.45) is 0 Å². The van der Waals surface area contributed by atoms with Crippen LogP contribution >= 0.6 is 0 Å². The maximum Gasteiger partial charge on any atom is 0.0701 e. The zero-order chi connectivity index (χ0) is 60.7. The molecule has 512 valence electrons. The molecule has 85 heavy (non-hydrogen) atoms. The fraction of sp³-hybridized carbons (Fsp3) is 1.00. The van der Waals surface area contributed by atoms with Crippen molar-refractivity contribution < 1.29 is 109 Å². The van der Waals surface area contributed by atoms with Crippen LogP contribution in [0.4, 0.5) is 0 Å². The molecule has 0 heterocycles. The summed E-state index contributed by atoms with van der Waals surface area (Å²) >= 11 is 0. The standard InChI is InChI=1S/C62H126O23/c1-2-3-4-5-6-7-8-9-10-11-12-13-14-15-16-17-19-64-21-23-66-25-27-68-29-31-70-33-35-72-37-39-74-41-43-76-45-47-78-49-51-80-53-55-82-57-59-84-61-62-85-60-58-83-56-54-81-52-50-79-48-46-77-44-42-75-40-38-73-36-34-71-32-30-69-28-26-67-24-22-65-20-18-63/h63H,2-62H2,1H3. The number of aliphatic hydroxyl groups is 1. The average molecular weight is 1240 g/mol. The second-order valence-corrected chi connectivity index (χ2v) is 19.5. The fourth-order valence-electron chi connectivity index (χ4n) is 7.54. The lowest BCUT2D eigenvalue weighted by Gasteiger charge is -2.09. The summed E-state index contributed by atoms with van der Waals surface area (Å²) in [5.41, 5.74) is 0. The van der Waals surface area contributed by atoms with Gasteiger partial charge in [0.15, 0.2) is 0 Å². The van der Waals surface area contributed by atoms with Gasteiger partial charge in [-0.1, -0.05) is 103 Å². The fourth-order valence-corrected chi connectivity index (χ4v) is 7.54. The number of rotatable bonds is 82. The SMILES string of the molecule is CCCCCCCCCCCCCCCCCCOCCOCCOCCOCCOCCOCCOCCOCCOCCOCCOCCOCCOCCOCCOCCOCCOCCOCCOCCOCCOCCOCCO. The molecule has 23 heteroatoms. The van der Waals surface area contributed by atoms with Gasteiger partial charge in [-0.05, 0) is 6.42 Å². The lowest BCUT2D eigenvalue weighted by Crippen LogP contribution is -2.16. The molecule has 0 aromatic heterocycles. The maximum absolute atomic E-state index is 8.62. The van der Waals surface area contributed by atoms with Crippen LogP contribution in [0.15, 0.2) is 0 Å². The van der Waals surface area contributed by atoms with E-state index in [1.54, 1.807) is 0 Å². The summed E-state index contributed by atoms with van der Waals surface area (Å²) in [5.74, 6) is 0. The molecule has 0 bridgehead atoms. The van der Waals surface area contributed by atoms with Gasteiger partial charge in [0.2, 0.25) is 0 Å². The third-order valence-electron chi connectivity index (χ3n) is 12.2. The van der Waals surface area contributed by atoms with Crippen LogP contribution in [0.1, 0.15) is 110 Å². The molecule has 0 spiro atoms. The summed E-state index contributed by atoms with van der Waals surface area (Å²) in [6.45, 7) is 24.6. The van der Waals surface area contributed by atoms with E-state index < -0.39 is 0 Å². The lowest BCUT2D eigenvalue weighted by atomic mass is 10.0. The predicted molar refractivity (Wildman–Crippen MR) is 325 cm³/mol. The minimum absolute atomic E-state index is 0.0193. The smallest absolute Gasteiger partial charge is 0.0701 e. The molecule has 0 unspecified atom stereocenters. The summed E-state index contributed by atoms with van der Waals surface area (Å²) in [4.78, 5) is 0. The highest BCUT2D eigenvalue weighted by Gasteiger charge is 2.01. The van der Waals surface area contributed by atoms with E-state index in [1.165, 1.54) is 96.3 Å². The first-order valence-electron chi connectivity index (χ1n) is 32.7. The molecule has 0 atom stereocenters. The normalized spacial score (nSPS) is 11.8. The van der Waals surface area contributed by atoms with Crippen LogP contribution in [0.3, 0.4) is 0 Å². The highest BCUT2D eigenvalue weighted by Crippen LogP contribution is 2.14. The second kappa shape index (κ2) is 83.1. The van der Waals surface area contributed by atoms with Gasteiger partial charge in [0, 0.05) is 6.61 Å². The van der Waals surface area contributed by atoms with Crippen molar-refractivity contribution in [3.63, 3.8) is 0 Å². The molecule has 0 aromatic rings. The van der Waals surface area contributed by atoms with Crippen molar-refractivity contribution in [3.8, 4) is 0 Å². The Morgan fingerprint density at radius 3 is 0.365 bits per heavy atom. The minimum Gasteiger partial charge on any atom is -0.394 e. The van der Waals surface area contributed by atoms with Crippen LogP contribution in [0.2, 0.25) is 0 Å². The topological polar surface area (TPSA) is 223 Å². The van der Waals surface area contributed by atoms with Crippen LogP contribution in [-0.2, 0) is 104 Å². The van der Waals surface area contributed by atoms with E-state index in [0.717, 1.165) is 13.0 Å². The Labute approximate surface area is 514 Å². The van der Waals surface area contributed by atoms with Crippen LogP contribution < -0.4 is 0 Å². The van der Waals surface area contributed by atoms with Gasteiger partial charge in [0.25, 0.3) is 0 Å². The Balaban J connectivity index is 3.08. The number of hydrogen-bond acceptors (Lipinski definition) is 23. The number of unbranched alkanes of at least 4 members (excludes halogenated alkanes) is 15. The van der Waals surface area contributed by atoms with E-state index in [0.29, 0.717) is 284 Å². The van der Waals surface area contributed by atoms with Crippen molar-refractivity contribution in [1.29, 1.82) is 0 Å². The Hall–Kier alpha value is -0.920. The van der Waals surface area contributed by atoms with E-state index in [-0.39, 0.29) is 6.61 Å². The quantitative estimate of drug-likeness (QED) is 0.0633. The zero-order valence-electron chi connectivity index (χ0n) is 53.6. The van der Waals surface area contributed by atoms with Crippen molar-refractivity contribution in [3.05, 3.63) is 0 Å². The molecule has 0 aliphatic heterocycles. The highest BCUT2D eigenvalue weighted by molar-refractivity contribution is 4.51. The number of hydrogen-bond donors (Lipinski definition) is 1. The summed E-state index contributed by atoms with van der Waals surface area (Å²) < 4.78 is 121. The average Bonchev–Trinajstić information content (AvgIpc) is 3.51. The van der Waals surface area contributed by atoms with E-state index in [2.05, 4.69) is 6.92 Å². The Kier molecular flexibility index (Phi) is 82.2. The molecule has 0 fully saturated rings. The van der Waals surface area contributed by atoms with E-state index >= 15 is 0 Å². The largest absolute Gasteiger partial charge is 0.394 e. The van der Waals surface area contributed by atoms with Crippen molar-refractivity contribution in [1.82, 2.24) is 0 Å². The van der Waals surface area contributed by atoms with Gasteiger partial charge in [-0.25, -0.2) is 0 Å². The summed E-state index contributed by atoms with van der Waals surface area (Å²) in [7, 11) is 0. The molecule has 0 aromatic carbocycles. The van der Waals surface area contributed by atoms with Crippen molar-refractivity contribution in [2.75, 3.05) is 297 Å². The van der Waals surface area contributed by atoms with Gasteiger partial charge in [-0.15, -0.1) is 0 Å². The van der Waals surface area contributed by atoms with Gasteiger partial charge < -0.3 is 109 Å². The predicted octanol–water partition coefficient (Wildman–Crippen LogP) is 6.61. The number of ether oxygens (including phenoxy) is 22. The zero-order valence-corrected chi connectivity index (χ0v) is 53.6. The molecule has 0 saturated heterocycles. The van der Waals surface area contributed by atoms with Gasteiger partial charge in [0.1, 0.15) is 0 Å². The van der Waals surface area contributed by atoms with E-state index in [9.17, 15) is 0 Å². The molecule has 0 rings (SSSR count). The van der Waals surface area contributed by atoms with Gasteiger partial charge >= 0.3 is 0 Å². The van der Waals surface area contributed by atoms with E-state index in [1.807, 2.05) is 0 Å². The summed E-state index contributed by atoms with van der Waals surface area (Å²) in [6, 6.07) is 0. The minimum atomic E-state index is 0.0193. The van der Waals surface area contributed by atoms with Crippen LogP contribution in [0.5, 0.6) is 0 Å². The first-order chi connectivity index (χ1) is 42.4. The Morgan fingerprint density at radius 2 is 0.235 bits per heavy atom. The molecule has 0 saturated carbocycles. The van der Waals surface area contributed by atoms with Crippen LogP contribution in [0, 0.1) is 0 Å². The van der Waals surface area contributed by atoms with Gasteiger partial charge in [-0.2, -0.15) is 0 Å². The summed E-state index contributed by atoms with van der Waals surface area (Å²) in [5, 5.41) is 8.62. The molecule has 23 nitrogen and oxygen atoms in total. The first kappa shape index (κ1) is 84.1.